The van der Waals surface area contributed by atoms with E-state index in [1.54, 1.807) is 6.20 Å². The summed E-state index contributed by atoms with van der Waals surface area (Å²) in [5, 5.41) is 13.5. The number of aromatic nitrogens is 1. The number of pyridine rings is 1. The molecule has 2 aromatic rings. The van der Waals surface area contributed by atoms with Crippen molar-refractivity contribution in [3.05, 3.63) is 58.4 Å². The maximum Gasteiger partial charge on any atom is 0.273 e. The number of carbonyl (C=O) groups excluding carboxylic acids is 1. The number of likely N-dealkylation sites (tertiary alicyclic amines) is 1. The highest BCUT2D eigenvalue weighted by Crippen LogP contribution is 2.26. The summed E-state index contributed by atoms with van der Waals surface area (Å²) in [6.45, 7) is 4.26. The van der Waals surface area contributed by atoms with Gasteiger partial charge in [-0.1, -0.05) is 23.7 Å². The number of benzene rings is 1. The lowest BCUT2D eigenvalue weighted by atomic mass is 10.1. The van der Waals surface area contributed by atoms with Crippen LogP contribution in [0.25, 0.3) is 0 Å². The van der Waals surface area contributed by atoms with Crippen LogP contribution in [0.3, 0.4) is 0 Å². The average molecular weight is 360 g/mol. The summed E-state index contributed by atoms with van der Waals surface area (Å²) in [6.07, 6.45) is 3.89. The Labute approximate surface area is 152 Å². The zero-order chi connectivity index (χ0) is 17.8. The van der Waals surface area contributed by atoms with E-state index in [9.17, 15) is 9.90 Å². The number of aryl methyl sites for hydroxylation is 1. The van der Waals surface area contributed by atoms with Crippen molar-refractivity contribution in [1.82, 2.24) is 15.2 Å². The highest BCUT2D eigenvalue weighted by atomic mass is 35.5. The van der Waals surface area contributed by atoms with E-state index < -0.39 is 0 Å². The Hall–Kier alpha value is -2.11. The number of rotatable bonds is 5. The number of hydrogen-bond acceptors (Lipinski definition) is 4. The second kappa shape index (κ2) is 7.85. The van der Waals surface area contributed by atoms with Crippen LogP contribution in [0.1, 0.15) is 40.5 Å². The molecule has 0 aliphatic carbocycles. The van der Waals surface area contributed by atoms with E-state index in [4.69, 9.17) is 11.6 Å². The van der Waals surface area contributed by atoms with E-state index in [1.165, 1.54) is 6.07 Å². The summed E-state index contributed by atoms with van der Waals surface area (Å²) in [6, 6.07) is 9.34. The number of nitrogens with zero attached hydrogens (tertiary/aromatic N) is 2. The molecule has 0 saturated carbocycles. The van der Waals surface area contributed by atoms with Crippen molar-refractivity contribution >= 4 is 17.5 Å². The number of nitrogens with one attached hydrogen (secondary N) is 1. The van der Waals surface area contributed by atoms with E-state index >= 15 is 0 Å². The maximum atomic E-state index is 12.4. The summed E-state index contributed by atoms with van der Waals surface area (Å²) >= 11 is 6.14. The summed E-state index contributed by atoms with van der Waals surface area (Å²) in [4.78, 5) is 18.8. The van der Waals surface area contributed by atoms with Crippen molar-refractivity contribution < 1.29 is 9.90 Å². The summed E-state index contributed by atoms with van der Waals surface area (Å²) in [5.74, 6) is -0.471. The highest BCUT2D eigenvalue weighted by Gasteiger charge is 2.25. The van der Waals surface area contributed by atoms with Gasteiger partial charge in [-0.05, 0) is 62.2 Å². The summed E-state index contributed by atoms with van der Waals surface area (Å²) in [7, 11) is 0. The first-order valence-electron chi connectivity index (χ1n) is 8.48. The fraction of sp³-hybridized carbons (Fsp3) is 0.368. The van der Waals surface area contributed by atoms with E-state index in [1.807, 2.05) is 31.2 Å². The minimum Gasteiger partial charge on any atom is -0.505 e. The second-order valence-corrected chi connectivity index (χ2v) is 6.84. The molecule has 1 aromatic carbocycles. The van der Waals surface area contributed by atoms with Gasteiger partial charge in [0, 0.05) is 17.8 Å². The van der Waals surface area contributed by atoms with Crippen molar-refractivity contribution in [2.75, 3.05) is 19.6 Å². The summed E-state index contributed by atoms with van der Waals surface area (Å²) in [5.41, 5.74) is 1.94. The average Bonchev–Trinajstić information content (AvgIpc) is 3.09. The van der Waals surface area contributed by atoms with Gasteiger partial charge >= 0.3 is 0 Å². The smallest absolute Gasteiger partial charge is 0.273 e. The molecular formula is C19H22ClN3O2. The van der Waals surface area contributed by atoms with Gasteiger partial charge in [0.2, 0.25) is 0 Å². The molecule has 132 valence electrons. The lowest BCUT2D eigenvalue weighted by Crippen LogP contribution is -2.37. The zero-order valence-electron chi connectivity index (χ0n) is 14.2. The molecule has 1 fully saturated rings. The molecule has 0 bridgehead atoms. The third kappa shape index (κ3) is 4.30. The molecule has 2 N–H and O–H groups in total. The van der Waals surface area contributed by atoms with E-state index in [-0.39, 0.29) is 23.4 Å². The Balaban J connectivity index is 1.75. The molecule has 1 aromatic heterocycles. The molecule has 6 heteroatoms. The molecule has 3 rings (SSSR count). The van der Waals surface area contributed by atoms with Gasteiger partial charge in [0.15, 0.2) is 5.69 Å². The third-order valence-electron chi connectivity index (χ3n) is 4.49. The van der Waals surface area contributed by atoms with Crippen LogP contribution in [0.4, 0.5) is 0 Å². The molecule has 5 nitrogen and oxygen atoms in total. The molecule has 0 spiro atoms. The van der Waals surface area contributed by atoms with Gasteiger partial charge in [-0.3, -0.25) is 9.69 Å². The van der Waals surface area contributed by atoms with E-state index in [0.717, 1.165) is 37.1 Å². The first kappa shape index (κ1) is 17.7. The van der Waals surface area contributed by atoms with Crippen molar-refractivity contribution in [2.45, 2.75) is 25.8 Å². The second-order valence-electron chi connectivity index (χ2n) is 6.40. The van der Waals surface area contributed by atoms with Gasteiger partial charge in [0.1, 0.15) is 5.75 Å². The quantitative estimate of drug-likeness (QED) is 0.859. The number of amides is 1. The van der Waals surface area contributed by atoms with Gasteiger partial charge in [-0.15, -0.1) is 0 Å². The van der Waals surface area contributed by atoms with Gasteiger partial charge in [0.05, 0.1) is 6.04 Å². The van der Waals surface area contributed by atoms with Crippen LogP contribution in [-0.4, -0.2) is 40.5 Å². The molecule has 1 atom stereocenters. The molecule has 25 heavy (non-hydrogen) atoms. The predicted molar refractivity (Wildman–Crippen MR) is 98.0 cm³/mol. The number of hydrogen-bond donors (Lipinski definition) is 2. The molecule has 1 aliphatic heterocycles. The van der Waals surface area contributed by atoms with Gasteiger partial charge in [-0.25, -0.2) is 4.98 Å². The largest absolute Gasteiger partial charge is 0.505 e. The Morgan fingerprint density at radius 1 is 1.36 bits per heavy atom. The third-order valence-corrected chi connectivity index (χ3v) is 4.73. The van der Waals surface area contributed by atoms with Crippen LogP contribution in [0.5, 0.6) is 5.75 Å². The monoisotopic (exact) mass is 359 g/mol. The molecule has 2 heterocycles. The fourth-order valence-electron chi connectivity index (χ4n) is 3.23. The predicted octanol–water partition coefficient (Wildman–Crippen LogP) is 3.32. The van der Waals surface area contributed by atoms with Crippen LogP contribution < -0.4 is 5.32 Å². The standard InChI is InChI=1S/C19H22ClN3O2/c1-13-9-17(24)18(21-11-13)19(25)22-12-16(23-7-2-3-8-23)14-5-4-6-15(20)10-14/h4-6,9-11,16,24H,2-3,7-8,12H2,1H3,(H,22,25). The first-order valence-corrected chi connectivity index (χ1v) is 8.86. The maximum absolute atomic E-state index is 12.4. The Kier molecular flexibility index (Phi) is 5.56. The van der Waals surface area contributed by atoms with Crippen molar-refractivity contribution in [1.29, 1.82) is 0 Å². The van der Waals surface area contributed by atoms with Crippen LogP contribution in [0, 0.1) is 6.92 Å². The van der Waals surface area contributed by atoms with Gasteiger partial charge in [-0.2, -0.15) is 0 Å². The fourth-order valence-corrected chi connectivity index (χ4v) is 3.43. The number of halogens is 1. The van der Waals surface area contributed by atoms with Crippen molar-refractivity contribution in [2.24, 2.45) is 0 Å². The van der Waals surface area contributed by atoms with E-state index in [0.29, 0.717) is 11.6 Å². The molecule has 0 radical (unpaired) electrons. The summed E-state index contributed by atoms with van der Waals surface area (Å²) < 4.78 is 0. The Morgan fingerprint density at radius 2 is 2.12 bits per heavy atom. The number of aromatic hydroxyl groups is 1. The minimum absolute atomic E-state index is 0.0527. The Bertz CT molecular complexity index is 760. The van der Waals surface area contributed by atoms with Crippen molar-refractivity contribution in [3.8, 4) is 5.75 Å². The van der Waals surface area contributed by atoms with Crippen LogP contribution in [0.2, 0.25) is 5.02 Å². The lowest BCUT2D eigenvalue weighted by Gasteiger charge is -2.28. The number of carbonyl (C=O) groups is 1. The van der Waals surface area contributed by atoms with Crippen LogP contribution in [-0.2, 0) is 0 Å². The SMILES string of the molecule is Cc1cnc(C(=O)NCC(c2cccc(Cl)c2)N2CCCC2)c(O)c1. The molecule has 1 amide bonds. The highest BCUT2D eigenvalue weighted by molar-refractivity contribution is 6.30. The molecular weight excluding hydrogens is 338 g/mol. The lowest BCUT2D eigenvalue weighted by molar-refractivity contribution is 0.0930. The van der Waals surface area contributed by atoms with E-state index in [2.05, 4.69) is 15.2 Å². The van der Waals surface area contributed by atoms with Gasteiger partial charge in [0.25, 0.3) is 5.91 Å². The first-order chi connectivity index (χ1) is 12.0. The van der Waals surface area contributed by atoms with Crippen molar-refractivity contribution in [3.63, 3.8) is 0 Å². The molecule has 1 saturated heterocycles. The zero-order valence-corrected chi connectivity index (χ0v) is 15.0. The minimum atomic E-state index is -0.372. The normalized spacial score (nSPS) is 15.9. The molecule has 1 unspecified atom stereocenters. The van der Waals surface area contributed by atoms with Gasteiger partial charge < -0.3 is 10.4 Å². The van der Waals surface area contributed by atoms with Crippen LogP contribution >= 0.6 is 11.6 Å². The molecule has 1 aliphatic rings. The topological polar surface area (TPSA) is 65.5 Å². The van der Waals surface area contributed by atoms with Crippen LogP contribution in [0.15, 0.2) is 36.5 Å². The Morgan fingerprint density at radius 3 is 2.80 bits per heavy atom.